The van der Waals surface area contributed by atoms with Crippen LogP contribution in [0.25, 0.3) is 0 Å². The molecular formula is C16H25N7O2S. The first-order valence-electron chi connectivity index (χ1n) is 8.51. The van der Waals surface area contributed by atoms with Crippen molar-refractivity contribution in [2.24, 2.45) is 12.8 Å². The number of aromatic nitrogens is 5. The van der Waals surface area contributed by atoms with Gasteiger partial charge in [0.2, 0.25) is 11.8 Å². The van der Waals surface area contributed by atoms with E-state index in [2.05, 4.69) is 27.5 Å². The fourth-order valence-corrected chi connectivity index (χ4v) is 3.11. The van der Waals surface area contributed by atoms with Gasteiger partial charge in [0.05, 0.1) is 17.5 Å². The molecule has 26 heavy (non-hydrogen) atoms. The number of nitrogens with two attached hydrogens (primary N) is 1. The second-order valence-electron chi connectivity index (χ2n) is 6.09. The highest BCUT2D eigenvalue weighted by Crippen LogP contribution is 2.24. The quantitative estimate of drug-likeness (QED) is 0.637. The summed E-state index contributed by atoms with van der Waals surface area (Å²) in [5, 5.41) is 15.6. The number of hydrogen-bond donors (Lipinski definition) is 2. The van der Waals surface area contributed by atoms with Gasteiger partial charge in [-0.2, -0.15) is 5.10 Å². The molecule has 0 aliphatic rings. The lowest BCUT2D eigenvalue weighted by Crippen LogP contribution is -2.25. The number of nitrogens with zero attached hydrogens (tertiary/aromatic N) is 5. The summed E-state index contributed by atoms with van der Waals surface area (Å²) < 4.78 is 3.58. The normalized spacial score (nSPS) is 13.4. The Labute approximate surface area is 156 Å². The van der Waals surface area contributed by atoms with Crippen molar-refractivity contribution in [3.05, 3.63) is 18.1 Å². The van der Waals surface area contributed by atoms with Crippen LogP contribution in [0.5, 0.6) is 0 Å². The summed E-state index contributed by atoms with van der Waals surface area (Å²) in [5.41, 5.74) is 5.16. The van der Waals surface area contributed by atoms with Crippen molar-refractivity contribution in [3.8, 4) is 0 Å². The van der Waals surface area contributed by atoms with Crippen LogP contribution in [0.2, 0.25) is 0 Å². The summed E-state index contributed by atoms with van der Waals surface area (Å²) in [4.78, 5) is 23.4. The van der Waals surface area contributed by atoms with Gasteiger partial charge in [-0.3, -0.25) is 9.59 Å². The first-order valence-corrected chi connectivity index (χ1v) is 9.39. The van der Waals surface area contributed by atoms with Gasteiger partial charge in [-0.25, -0.2) is 4.68 Å². The van der Waals surface area contributed by atoms with Gasteiger partial charge in [-0.05, 0) is 20.3 Å². The lowest BCUT2D eigenvalue weighted by atomic mass is 10.3. The van der Waals surface area contributed by atoms with Crippen LogP contribution in [-0.4, -0.2) is 41.6 Å². The number of carbonyl (C=O) groups excluding carboxylic acids is 2. The van der Waals surface area contributed by atoms with E-state index in [-0.39, 0.29) is 29.5 Å². The average Bonchev–Trinajstić information content (AvgIpc) is 3.19. The molecule has 10 heteroatoms. The molecule has 142 valence electrons. The molecule has 0 radical (unpaired) electrons. The molecular weight excluding hydrogens is 354 g/mol. The van der Waals surface area contributed by atoms with E-state index in [1.165, 1.54) is 11.8 Å². The van der Waals surface area contributed by atoms with E-state index in [4.69, 9.17) is 5.73 Å². The maximum absolute atomic E-state index is 12.5. The van der Waals surface area contributed by atoms with E-state index in [9.17, 15) is 9.59 Å². The summed E-state index contributed by atoms with van der Waals surface area (Å²) >= 11 is 1.31. The summed E-state index contributed by atoms with van der Waals surface area (Å²) in [6, 6.07) is 1.99. The van der Waals surface area contributed by atoms with Crippen LogP contribution in [0.3, 0.4) is 0 Å². The maximum atomic E-state index is 12.5. The van der Waals surface area contributed by atoms with E-state index in [0.717, 1.165) is 6.42 Å². The topological polar surface area (TPSA) is 121 Å². The van der Waals surface area contributed by atoms with Crippen LogP contribution in [0.15, 0.2) is 17.4 Å². The molecule has 3 N–H and O–H groups in total. The van der Waals surface area contributed by atoms with E-state index in [1.54, 1.807) is 28.6 Å². The Morgan fingerprint density at radius 3 is 2.73 bits per heavy atom. The van der Waals surface area contributed by atoms with Crippen LogP contribution in [0, 0.1) is 0 Å². The predicted molar refractivity (Wildman–Crippen MR) is 99.7 cm³/mol. The van der Waals surface area contributed by atoms with Crippen molar-refractivity contribution in [1.82, 2.24) is 24.5 Å². The Kier molecular flexibility index (Phi) is 6.78. The van der Waals surface area contributed by atoms with Crippen LogP contribution < -0.4 is 11.1 Å². The van der Waals surface area contributed by atoms with Crippen molar-refractivity contribution in [2.45, 2.75) is 56.5 Å². The number of anilines is 1. The van der Waals surface area contributed by atoms with Gasteiger partial charge in [0.25, 0.3) is 0 Å². The molecule has 0 unspecified atom stereocenters. The number of nitrogens with one attached hydrogen (secondary N) is 1. The minimum absolute atomic E-state index is 0.137. The lowest BCUT2D eigenvalue weighted by molar-refractivity contribution is -0.118. The first kappa shape index (κ1) is 20.0. The molecule has 0 spiro atoms. The maximum Gasteiger partial charge on any atom is 0.238 e. The zero-order valence-electron chi connectivity index (χ0n) is 15.5. The average molecular weight is 379 g/mol. The Balaban J connectivity index is 1.99. The molecule has 2 amide bonds. The molecule has 2 aromatic heterocycles. The second-order valence-corrected chi connectivity index (χ2v) is 7.40. The van der Waals surface area contributed by atoms with E-state index >= 15 is 0 Å². The smallest absolute Gasteiger partial charge is 0.238 e. The van der Waals surface area contributed by atoms with Crippen LogP contribution in [0.1, 0.15) is 45.5 Å². The fourth-order valence-electron chi connectivity index (χ4n) is 2.28. The minimum atomic E-state index is -0.382. The number of carbonyl (C=O) groups is 2. The lowest BCUT2D eigenvalue weighted by Gasteiger charge is -2.16. The fraction of sp³-hybridized carbons (Fsp3) is 0.562. The highest BCUT2D eigenvalue weighted by Gasteiger charge is 2.20. The molecule has 0 aliphatic carbocycles. The first-order chi connectivity index (χ1) is 12.3. The van der Waals surface area contributed by atoms with Crippen molar-refractivity contribution < 1.29 is 9.59 Å². The summed E-state index contributed by atoms with van der Waals surface area (Å²) in [5.74, 6) is 0.820. The molecule has 2 aromatic rings. The molecule has 0 aromatic carbocycles. The Morgan fingerprint density at radius 2 is 2.08 bits per heavy atom. The van der Waals surface area contributed by atoms with Gasteiger partial charge in [0.1, 0.15) is 11.6 Å². The minimum Gasteiger partial charge on any atom is -0.370 e. The number of hydrogen-bond acceptors (Lipinski definition) is 6. The van der Waals surface area contributed by atoms with Gasteiger partial charge >= 0.3 is 0 Å². The largest absolute Gasteiger partial charge is 0.370 e. The number of thioether (sulfide) groups is 1. The molecule has 9 nitrogen and oxygen atoms in total. The Morgan fingerprint density at radius 1 is 1.35 bits per heavy atom. The third-order valence-corrected chi connectivity index (χ3v) is 5.24. The second kappa shape index (κ2) is 8.84. The number of primary amides is 1. The van der Waals surface area contributed by atoms with E-state index in [1.807, 2.05) is 13.8 Å². The number of aryl methyl sites for hydroxylation is 1. The highest BCUT2D eigenvalue weighted by atomic mass is 32.2. The monoisotopic (exact) mass is 379 g/mol. The molecule has 2 atom stereocenters. The summed E-state index contributed by atoms with van der Waals surface area (Å²) in [6.45, 7) is 5.93. The number of rotatable bonds is 9. The van der Waals surface area contributed by atoms with Gasteiger partial charge in [0, 0.05) is 26.0 Å². The molecule has 2 heterocycles. The number of amides is 2. The third-order valence-electron chi connectivity index (χ3n) is 4.10. The van der Waals surface area contributed by atoms with Gasteiger partial charge in [-0.15, -0.1) is 10.2 Å². The van der Waals surface area contributed by atoms with Gasteiger partial charge < -0.3 is 15.6 Å². The Hall–Kier alpha value is -2.36. The van der Waals surface area contributed by atoms with Crippen LogP contribution >= 0.6 is 11.8 Å². The summed E-state index contributed by atoms with van der Waals surface area (Å²) in [7, 11) is 1.81. The van der Waals surface area contributed by atoms with Crippen molar-refractivity contribution in [3.63, 3.8) is 0 Å². The molecule has 0 fully saturated rings. The van der Waals surface area contributed by atoms with Crippen molar-refractivity contribution >= 4 is 29.4 Å². The highest BCUT2D eigenvalue weighted by molar-refractivity contribution is 8.00. The van der Waals surface area contributed by atoms with E-state index < -0.39 is 0 Å². The van der Waals surface area contributed by atoms with Crippen molar-refractivity contribution in [2.75, 3.05) is 5.32 Å². The SMILES string of the molecule is CC[C@@H](C)n1nccc1NC(=O)[C@H](C)Sc1nnc(CCC(N)=O)n1C. The van der Waals surface area contributed by atoms with Gasteiger partial charge in [-0.1, -0.05) is 18.7 Å². The van der Waals surface area contributed by atoms with Crippen molar-refractivity contribution in [1.29, 1.82) is 0 Å². The zero-order chi connectivity index (χ0) is 19.3. The summed E-state index contributed by atoms with van der Waals surface area (Å²) in [6.07, 6.45) is 3.23. The zero-order valence-corrected chi connectivity index (χ0v) is 16.3. The predicted octanol–water partition coefficient (Wildman–Crippen LogP) is 1.52. The Bertz CT molecular complexity index is 770. The molecule has 2 rings (SSSR count). The van der Waals surface area contributed by atoms with Crippen LogP contribution in [0.4, 0.5) is 5.82 Å². The molecule has 0 bridgehead atoms. The van der Waals surface area contributed by atoms with Gasteiger partial charge in [0.15, 0.2) is 5.16 Å². The van der Waals surface area contributed by atoms with E-state index in [0.29, 0.717) is 23.2 Å². The molecule has 0 saturated heterocycles. The standard InChI is InChI=1S/C16H25N7O2S/c1-5-10(2)23-13(8-9-18-23)19-15(25)11(3)26-16-21-20-14(22(16)4)7-6-12(17)24/h8-11H,5-7H2,1-4H3,(H2,17,24)(H,19,25)/t10-,11+/m1/s1. The molecule has 0 saturated carbocycles. The van der Waals surface area contributed by atoms with Crippen LogP contribution in [-0.2, 0) is 23.1 Å². The third kappa shape index (κ3) is 4.84. The molecule has 0 aliphatic heterocycles.